The molecule has 2 aliphatic heterocycles. The van der Waals surface area contributed by atoms with Crippen molar-refractivity contribution in [2.75, 3.05) is 19.6 Å². The van der Waals surface area contributed by atoms with Crippen molar-refractivity contribution in [3.05, 3.63) is 57.1 Å². The van der Waals surface area contributed by atoms with Crippen molar-refractivity contribution in [2.24, 2.45) is 0 Å². The number of aromatic nitrogens is 3. The summed E-state index contributed by atoms with van der Waals surface area (Å²) in [7, 11) is 0. The molecule has 0 amide bonds. The molecule has 2 aromatic heterocycles. The highest BCUT2D eigenvalue weighted by molar-refractivity contribution is 5.79. The van der Waals surface area contributed by atoms with Crippen LogP contribution in [0.3, 0.4) is 0 Å². The highest BCUT2D eigenvalue weighted by Crippen LogP contribution is 2.33. The van der Waals surface area contributed by atoms with Gasteiger partial charge >= 0.3 is 5.97 Å². The summed E-state index contributed by atoms with van der Waals surface area (Å²) in [6.45, 7) is 1.99. The number of halogens is 1. The molecule has 4 heterocycles. The average Bonchev–Trinajstić information content (AvgIpc) is 3.53. The average molecular weight is 669 g/mol. The molecule has 1 fully saturated rings. The van der Waals surface area contributed by atoms with Gasteiger partial charge in [-0.15, -0.1) is 0 Å². The quantitative estimate of drug-likeness (QED) is 0.0930. The second-order valence-electron chi connectivity index (χ2n) is 13.7. The zero-order chi connectivity index (χ0) is 37.3. The third-order valence-corrected chi connectivity index (χ3v) is 9.96. The number of ether oxygens (including phenoxy) is 1. The summed E-state index contributed by atoms with van der Waals surface area (Å²) in [6, 6.07) is 4.27. The molecule has 1 saturated heterocycles. The topological polar surface area (TPSA) is 90.5 Å². The Morgan fingerprint density at radius 1 is 0.979 bits per heavy atom. The van der Waals surface area contributed by atoms with E-state index in [1.54, 1.807) is 6.07 Å². The maximum absolute atomic E-state index is 13.9. The van der Waals surface area contributed by atoms with Crippen LogP contribution in [0.1, 0.15) is 163 Å². The normalized spacial score (nSPS) is 19.0. The standard InChI is InChI=1S/C39H57FN4O4/c1-3-4-5-6-7-8-9-10-11-12-13-14-15-18-36(45)47-34-17-16-24-44-38(34)41-29(2)32(39(44)46)23-27-43-25-21-30(22-26-43)37-33-20-19-31(40)28-35(33)48-42-37/h19-20,28,30,34H,3-18,21-27H2,1-2H3/i23D2,27D2. The van der Waals surface area contributed by atoms with Crippen molar-refractivity contribution in [2.45, 2.75) is 154 Å². The first-order chi connectivity index (χ1) is 25.0. The van der Waals surface area contributed by atoms with Gasteiger partial charge in [0, 0.05) is 53.6 Å². The van der Waals surface area contributed by atoms with E-state index in [2.05, 4.69) is 17.1 Å². The molecule has 0 spiro atoms. The highest BCUT2D eigenvalue weighted by atomic mass is 19.1. The first-order valence-electron chi connectivity index (χ1n) is 20.6. The third-order valence-electron chi connectivity index (χ3n) is 9.96. The fourth-order valence-electron chi connectivity index (χ4n) is 7.09. The Hall–Kier alpha value is -3.07. The van der Waals surface area contributed by atoms with Crippen LogP contribution in [0.15, 0.2) is 27.5 Å². The molecule has 1 aromatic carbocycles. The van der Waals surface area contributed by atoms with Gasteiger partial charge in [0.05, 0.1) is 5.69 Å². The molecule has 1 unspecified atom stereocenters. The van der Waals surface area contributed by atoms with E-state index in [1.165, 1.54) is 92.7 Å². The summed E-state index contributed by atoms with van der Waals surface area (Å²) in [6.07, 6.45) is 14.8. The van der Waals surface area contributed by atoms with Gasteiger partial charge in [0.2, 0.25) is 0 Å². The summed E-state index contributed by atoms with van der Waals surface area (Å²) in [5.41, 5.74) is 0.190. The van der Waals surface area contributed by atoms with Gasteiger partial charge in [0.25, 0.3) is 5.56 Å². The van der Waals surface area contributed by atoms with E-state index in [0.717, 1.165) is 19.3 Å². The number of hydrogen-bond donors (Lipinski definition) is 0. The summed E-state index contributed by atoms with van der Waals surface area (Å²) < 4.78 is 62.2. The Bertz CT molecular complexity index is 1690. The smallest absolute Gasteiger partial charge is 0.306 e. The van der Waals surface area contributed by atoms with Crippen LogP contribution in [0.5, 0.6) is 0 Å². The van der Waals surface area contributed by atoms with Crippen molar-refractivity contribution in [1.29, 1.82) is 0 Å². The number of carbonyl (C=O) groups is 1. The number of likely N-dealkylation sites (tertiary alicyclic amines) is 1. The lowest BCUT2D eigenvalue weighted by molar-refractivity contribution is -0.151. The van der Waals surface area contributed by atoms with Crippen LogP contribution in [0, 0.1) is 12.7 Å². The van der Waals surface area contributed by atoms with Crippen molar-refractivity contribution in [3.63, 3.8) is 0 Å². The number of benzene rings is 1. The summed E-state index contributed by atoms with van der Waals surface area (Å²) in [4.78, 5) is 32.8. The van der Waals surface area contributed by atoms with E-state index in [1.807, 2.05) is 0 Å². The van der Waals surface area contributed by atoms with Gasteiger partial charge in [-0.1, -0.05) is 89.1 Å². The summed E-state index contributed by atoms with van der Waals surface area (Å²) in [5.74, 6) is -0.502. The van der Waals surface area contributed by atoms with E-state index < -0.39 is 30.4 Å². The van der Waals surface area contributed by atoms with Gasteiger partial charge < -0.3 is 14.2 Å². The maximum Gasteiger partial charge on any atom is 0.306 e. The fourth-order valence-corrected chi connectivity index (χ4v) is 7.09. The van der Waals surface area contributed by atoms with Crippen LogP contribution in [-0.2, 0) is 22.4 Å². The van der Waals surface area contributed by atoms with Gasteiger partial charge in [0.1, 0.15) is 5.82 Å². The van der Waals surface area contributed by atoms with Crippen molar-refractivity contribution < 1.29 is 23.9 Å². The summed E-state index contributed by atoms with van der Waals surface area (Å²) >= 11 is 0. The predicted molar refractivity (Wildman–Crippen MR) is 188 cm³/mol. The first kappa shape index (κ1) is 30.9. The number of nitrogens with zero attached hydrogens (tertiary/aromatic N) is 4. The number of unbranched alkanes of at least 4 members (excludes halogenated alkanes) is 12. The van der Waals surface area contributed by atoms with Crippen LogP contribution in [-0.4, -0.2) is 45.2 Å². The molecule has 0 bridgehead atoms. The number of piperidine rings is 1. The van der Waals surface area contributed by atoms with E-state index in [4.69, 9.17) is 14.7 Å². The lowest BCUT2D eigenvalue weighted by Crippen LogP contribution is -2.38. The number of fused-ring (bicyclic) bond motifs is 2. The SMILES string of the molecule is [2H]C([2H])(c1c(C)nc2n(c1=O)CCCC2OC(=O)CCCCCCCCCCCCCCC)C([2H])([2H])N1CCC(c2noc3cc(F)ccc23)CC1. The van der Waals surface area contributed by atoms with E-state index in [0.29, 0.717) is 61.1 Å². The Morgan fingerprint density at radius 2 is 1.65 bits per heavy atom. The number of aryl methyl sites for hydroxylation is 1. The second kappa shape index (κ2) is 18.6. The minimum absolute atomic E-state index is 0.0633. The summed E-state index contributed by atoms with van der Waals surface area (Å²) in [5, 5.41) is 4.88. The molecule has 48 heavy (non-hydrogen) atoms. The van der Waals surface area contributed by atoms with Crippen molar-refractivity contribution >= 4 is 16.9 Å². The molecule has 1 atom stereocenters. The molecule has 2 aliphatic rings. The highest BCUT2D eigenvalue weighted by Gasteiger charge is 2.29. The molecule has 8 nitrogen and oxygen atoms in total. The van der Waals surface area contributed by atoms with Crippen LogP contribution < -0.4 is 5.56 Å². The largest absolute Gasteiger partial charge is 0.454 e. The molecule has 3 aromatic rings. The molecular weight excluding hydrogens is 607 g/mol. The Morgan fingerprint density at radius 3 is 2.33 bits per heavy atom. The Labute approximate surface area is 291 Å². The van der Waals surface area contributed by atoms with Crippen LogP contribution >= 0.6 is 0 Å². The van der Waals surface area contributed by atoms with E-state index >= 15 is 0 Å². The van der Waals surface area contributed by atoms with Gasteiger partial charge in [0.15, 0.2) is 17.5 Å². The van der Waals surface area contributed by atoms with Crippen LogP contribution in [0.25, 0.3) is 11.0 Å². The van der Waals surface area contributed by atoms with Gasteiger partial charge in [-0.25, -0.2) is 9.37 Å². The minimum atomic E-state index is -2.69. The molecule has 0 aliphatic carbocycles. The Kier molecular flexibility index (Phi) is 12.0. The second-order valence-corrected chi connectivity index (χ2v) is 13.7. The number of carbonyl (C=O) groups excluding carboxylic acids is 1. The number of esters is 1. The van der Waals surface area contributed by atoms with Crippen molar-refractivity contribution in [3.8, 4) is 0 Å². The first-order valence-corrected chi connectivity index (χ1v) is 18.6. The van der Waals surface area contributed by atoms with Crippen LogP contribution in [0.4, 0.5) is 4.39 Å². The monoisotopic (exact) mass is 668 g/mol. The van der Waals surface area contributed by atoms with Gasteiger partial charge in [-0.2, -0.15) is 0 Å². The van der Waals surface area contributed by atoms with Crippen molar-refractivity contribution in [1.82, 2.24) is 19.6 Å². The van der Waals surface area contributed by atoms with Gasteiger partial charge in [-0.3, -0.25) is 14.2 Å². The zero-order valence-corrected chi connectivity index (χ0v) is 29.0. The van der Waals surface area contributed by atoms with E-state index in [9.17, 15) is 14.0 Å². The lowest BCUT2D eigenvalue weighted by Gasteiger charge is -2.31. The van der Waals surface area contributed by atoms with E-state index in [-0.39, 0.29) is 36.2 Å². The molecule has 9 heteroatoms. The Balaban J connectivity index is 1.13. The molecule has 0 saturated carbocycles. The molecule has 0 N–H and O–H groups in total. The predicted octanol–water partition coefficient (Wildman–Crippen LogP) is 9.11. The molecular formula is C39H57FN4O4. The third kappa shape index (κ3) is 9.99. The fraction of sp³-hybridized carbons (Fsp3) is 0.692. The molecule has 5 rings (SSSR count). The number of hydrogen-bond acceptors (Lipinski definition) is 7. The number of rotatable bonds is 19. The van der Waals surface area contributed by atoms with Crippen LogP contribution in [0.2, 0.25) is 0 Å². The van der Waals surface area contributed by atoms with Gasteiger partial charge in [-0.05, 0) is 70.6 Å². The molecule has 0 radical (unpaired) electrons. The maximum atomic E-state index is 13.9. The minimum Gasteiger partial charge on any atom is -0.454 e. The molecule has 264 valence electrons. The zero-order valence-electron chi connectivity index (χ0n) is 33.0. The lowest BCUT2D eigenvalue weighted by atomic mass is 9.91.